The van der Waals surface area contributed by atoms with Crippen molar-refractivity contribution in [2.45, 2.75) is 43.3 Å². The lowest BCUT2D eigenvalue weighted by molar-refractivity contribution is -0.448. The van der Waals surface area contributed by atoms with Crippen molar-refractivity contribution in [3.05, 3.63) is 140 Å². The van der Waals surface area contributed by atoms with Gasteiger partial charge < -0.3 is 9.47 Å². The Morgan fingerprint density at radius 1 is 0.821 bits per heavy atom. The van der Waals surface area contributed by atoms with Crippen LogP contribution in [0.15, 0.2) is 107 Å². The van der Waals surface area contributed by atoms with Crippen LogP contribution in [0, 0.1) is 6.92 Å². The highest BCUT2D eigenvalue weighted by Gasteiger charge is 2.64. The van der Waals surface area contributed by atoms with E-state index in [0.717, 1.165) is 16.7 Å². The topological polar surface area (TPSA) is 91.8 Å². The maximum atomic E-state index is 12.7. The lowest BCUT2D eigenvalue weighted by Crippen LogP contribution is -2.63. The molecule has 1 aliphatic rings. The number of hydrogen-bond donors (Lipinski definition) is 1. The Bertz CT molecular complexity index is 1410. The smallest absolute Gasteiger partial charge is 0.330 e. The number of hydrogen-bond acceptors (Lipinski definition) is 6. The minimum Gasteiger partial charge on any atom is -0.349 e. The molecule has 0 amide bonds. The highest BCUT2D eigenvalue weighted by atomic mass is 17.2. The molecule has 39 heavy (non-hydrogen) atoms. The fourth-order valence-electron chi connectivity index (χ4n) is 5.87. The minimum absolute atomic E-state index is 0.417. The van der Waals surface area contributed by atoms with E-state index >= 15 is 0 Å². The molecule has 3 aromatic carbocycles. The van der Waals surface area contributed by atoms with Gasteiger partial charge in [-0.1, -0.05) is 91.0 Å². The van der Waals surface area contributed by atoms with Gasteiger partial charge in [-0.2, -0.15) is 4.89 Å². The average molecular weight is 529 g/mol. The first-order valence-electron chi connectivity index (χ1n) is 12.9. The van der Waals surface area contributed by atoms with Gasteiger partial charge in [-0.05, 0) is 36.5 Å². The molecule has 1 aliphatic heterocycles. The van der Waals surface area contributed by atoms with Crippen LogP contribution in [-0.2, 0) is 24.7 Å². The normalized spacial score (nSPS) is 19.1. The number of rotatable bonds is 9. The summed E-state index contributed by atoms with van der Waals surface area (Å²) in [4.78, 5) is 38.8. The van der Waals surface area contributed by atoms with Crippen molar-refractivity contribution in [2.24, 2.45) is 0 Å². The van der Waals surface area contributed by atoms with Gasteiger partial charge in [-0.25, -0.2) is 9.68 Å². The second-order valence-corrected chi connectivity index (χ2v) is 9.61. The van der Waals surface area contributed by atoms with Crippen molar-refractivity contribution in [3.63, 3.8) is 0 Å². The third-order valence-electron chi connectivity index (χ3n) is 7.53. The maximum absolute atomic E-state index is 12.7. The van der Waals surface area contributed by atoms with Crippen LogP contribution >= 0.6 is 0 Å². The molecular formula is C31H32N2O6. The molecule has 0 aliphatic carbocycles. The van der Waals surface area contributed by atoms with Crippen molar-refractivity contribution in [1.82, 2.24) is 9.55 Å². The molecule has 8 nitrogen and oxygen atoms in total. The van der Waals surface area contributed by atoms with Crippen LogP contribution in [0.1, 0.15) is 41.3 Å². The fraction of sp³-hybridized carbons (Fsp3) is 0.290. The van der Waals surface area contributed by atoms with Gasteiger partial charge >= 0.3 is 5.69 Å². The van der Waals surface area contributed by atoms with Gasteiger partial charge in [0.1, 0.15) is 17.7 Å². The van der Waals surface area contributed by atoms with Gasteiger partial charge in [0.2, 0.25) is 5.79 Å². The van der Waals surface area contributed by atoms with Crippen molar-refractivity contribution in [3.8, 4) is 0 Å². The Hall–Kier alpha value is -3.82. The number of aromatic amines is 1. The van der Waals surface area contributed by atoms with Crippen LogP contribution in [0.5, 0.6) is 0 Å². The predicted octanol–water partition coefficient (Wildman–Crippen LogP) is 4.48. The molecular weight excluding hydrogens is 496 g/mol. The van der Waals surface area contributed by atoms with Crippen LogP contribution in [0.3, 0.4) is 0 Å². The molecule has 0 radical (unpaired) electrons. The van der Waals surface area contributed by atoms with E-state index in [1.807, 2.05) is 91.0 Å². The number of ether oxygens (including phenoxy) is 2. The first-order valence-corrected chi connectivity index (χ1v) is 12.9. The number of benzene rings is 3. The molecule has 4 aromatic rings. The molecule has 1 saturated heterocycles. The van der Waals surface area contributed by atoms with E-state index in [1.54, 1.807) is 14.0 Å². The van der Waals surface area contributed by atoms with Crippen LogP contribution in [-0.4, -0.2) is 35.7 Å². The zero-order valence-electron chi connectivity index (χ0n) is 22.2. The Labute approximate surface area is 226 Å². The van der Waals surface area contributed by atoms with E-state index < -0.39 is 34.8 Å². The lowest BCUT2D eigenvalue weighted by atomic mass is 9.62. The molecule has 0 spiro atoms. The van der Waals surface area contributed by atoms with E-state index in [2.05, 4.69) is 4.98 Å². The quantitative estimate of drug-likeness (QED) is 0.149. The summed E-state index contributed by atoms with van der Waals surface area (Å²) >= 11 is 0. The number of aromatic nitrogens is 2. The zero-order chi connectivity index (χ0) is 27.5. The second-order valence-electron chi connectivity index (χ2n) is 9.61. The molecule has 1 aromatic heterocycles. The second kappa shape index (κ2) is 11.1. The van der Waals surface area contributed by atoms with Gasteiger partial charge in [0, 0.05) is 18.9 Å². The molecule has 1 unspecified atom stereocenters. The van der Waals surface area contributed by atoms with Gasteiger partial charge in [-0.15, -0.1) is 0 Å². The first-order chi connectivity index (χ1) is 19.0. The van der Waals surface area contributed by atoms with E-state index in [1.165, 1.54) is 17.9 Å². The zero-order valence-corrected chi connectivity index (χ0v) is 22.2. The minimum atomic E-state index is -1.54. The summed E-state index contributed by atoms with van der Waals surface area (Å²) in [6.07, 6.45) is 1.17. The van der Waals surface area contributed by atoms with Crippen LogP contribution in [0.25, 0.3) is 0 Å². The Morgan fingerprint density at radius 3 is 1.79 bits per heavy atom. The molecule has 1 fully saturated rings. The van der Waals surface area contributed by atoms with Crippen molar-refractivity contribution in [2.75, 3.05) is 14.2 Å². The van der Waals surface area contributed by atoms with Gasteiger partial charge in [-0.3, -0.25) is 14.3 Å². The van der Waals surface area contributed by atoms with E-state index in [0.29, 0.717) is 18.4 Å². The Kier molecular flexibility index (Phi) is 7.63. The highest BCUT2D eigenvalue weighted by Crippen LogP contribution is 2.54. The van der Waals surface area contributed by atoms with Gasteiger partial charge in [0.15, 0.2) is 0 Å². The van der Waals surface area contributed by atoms with Crippen LogP contribution in [0.2, 0.25) is 0 Å². The number of H-pyrrole nitrogens is 1. The van der Waals surface area contributed by atoms with Crippen molar-refractivity contribution >= 4 is 0 Å². The van der Waals surface area contributed by atoms with Gasteiger partial charge in [0.25, 0.3) is 5.56 Å². The summed E-state index contributed by atoms with van der Waals surface area (Å²) in [7, 11) is 3.03. The highest BCUT2D eigenvalue weighted by molar-refractivity contribution is 5.54. The summed E-state index contributed by atoms with van der Waals surface area (Å²) in [5.74, 6) is -1.54. The SMILES string of the molecule is COOC(OC)([C@@H]1CC[C@H](n2cc(C)c(=O)[nH]c2=O)O1)C(c1ccccc1)(c1ccccc1)c1ccccc1. The van der Waals surface area contributed by atoms with Crippen LogP contribution < -0.4 is 11.2 Å². The Balaban J connectivity index is 1.76. The van der Waals surface area contributed by atoms with E-state index in [4.69, 9.17) is 19.2 Å². The molecule has 2 heterocycles. The lowest BCUT2D eigenvalue weighted by Gasteiger charge is -2.51. The Morgan fingerprint density at radius 2 is 1.33 bits per heavy atom. The molecule has 5 rings (SSSR count). The number of methoxy groups -OCH3 is 1. The van der Waals surface area contributed by atoms with E-state index in [9.17, 15) is 9.59 Å². The largest absolute Gasteiger partial charge is 0.349 e. The number of nitrogens with zero attached hydrogens (tertiary/aromatic N) is 1. The molecule has 0 saturated carbocycles. The third kappa shape index (κ3) is 4.45. The van der Waals surface area contributed by atoms with Crippen molar-refractivity contribution < 1.29 is 19.2 Å². The van der Waals surface area contributed by atoms with Crippen molar-refractivity contribution in [1.29, 1.82) is 0 Å². The summed E-state index contributed by atoms with van der Waals surface area (Å²) in [5.41, 5.74) is 1.12. The van der Waals surface area contributed by atoms with Gasteiger partial charge in [0.05, 0.1) is 7.11 Å². The summed E-state index contributed by atoms with van der Waals surface area (Å²) in [6, 6.07) is 30.0. The molecule has 1 N–H and O–H groups in total. The monoisotopic (exact) mass is 528 g/mol. The third-order valence-corrected chi connectivity index (χ3v) is 7.53. The number of aryl methyl sites for hydroxylation is 1. The molecule has 0 bridgehead atoms. The summed E-state index contributed by atoms with van der Waals surface area (Å²) in [5, 5.41) is 0. The molecule has 3 atom stereocenters. The van der Waals surface area contributed by atoms with Crippen LogP contribution in [0.4, 0.5) is 0 Å². The summed E-state index contributed by atoms with van der Waals surface area (Å²) in [6.45, 7) is 1.65. The molecule has 8 heteroatoms. The molecule has 202 valence electrons. The number of nitrogens with one attached hydrogen (secondary N) is 1. The van der Waals surface area contributed by atoms with E-state index in [-0.39, 0.29) is 0 Å². The average Bonchev–Trinajstić information content (AvgIpc) is 3.47. The fourth-order valence-corrected chi connectivity index (χ4v) is 5.87. The predicted molar refractivity (Wildman–Crippen MR) is 146 cm³/mol. The standard InChI is InChI=1S/C31H32N2O6/c1-22-21-33(29(35)32-28(22)34)27-20-19-26(38-27)31(36-2,39-37-3)30(23-13-7-4-8-14-23,24-15-9-5-10-16-24)25-17-11-6-12-18-25/h4-18,21,26-27H,19-20H2,1-3H3,(H,32,34,35)/t26-,27+,31?/m0/s1. The maximum Gasteiger partial charge on any atom is 0.330 e. The first kappa shape index (κ1) is 26.8. The summed E-state index contributed by atoms with van der Waals surface area (Å²) < 4.78 is 14.5.